The predicted molar refractivity (Wildman–Crippen MR) is 50.5 cm³/mol. The van der Waals surface area contributed by atoms with Gasteiger partial charge in [-0.05, 0) is 6.42 Å². The van der Waals surface area contributed by atoms with Crippen LogP contribution in [0.1, 0.15) is 13.3 Å². The minimum Gasteiger partial charge on any atom is -0.385 e. The average Bonchev–Trinajstić information content (AvgIpc) is 2.52. The van der Waals surface area contributed by atoms with Gasteiger partial charge < -0.3 is 19.3 Å². The molecule has 0 bridgehead atoms. The highest BCUT2D eigenvalue weighted by Gasteiger charge is 2.43. The first-order valence-electron chi connectivity index (χ1n) is 4.66. The molecule has 0 saturated carbocycles. The van der Waals surface area contributed by atoms with E-state index >= 15 is 0 Å². The Labute approximate surface area is 84.2 Å². The fraction of sp³-hybridized carbons (Fsp3) is 0.800. The van der Waals surface area contributed by atoms with E-state index in [1.54, 1.807) is 0 Å². The smallest absolute Gasteiger partial charge is 0.186 e. The van der Waals surface area contributed by atoms with Crippen molar-refractivity contribution in [3.8, 4) is 12.3 Å². The summed E-state index contributed by atoms with van der Waals surface area (Å²) in [5, 5.41) is 9.73. The van der Waals surface area contributed by atoms with E-state index in [1.807, 2.05) is 6.92 Å². The molecule has 4 heteroatoms. The molecule has 1 fully saturated rings. The average molecular weight is 200 g/mol. The molecule has 80 valence electrons. The molecule has 4 atom stereocenters. The Bertz CT molecular complexity index is 209. The Morgan fingerprint density at radius 2 is 2.29 bits per heavy atom. The lowest BCUT2D eigenvalue weighted by molar-refractivity contribution is -0.148. The van der Waals surface area contributed by atoms with Gasteiger partial charge >= 0.3 is 0 Å². The van der Waals surface area contributed by atoms with Crippen LogP contribution in [0.3, 0.4) is 0 Å². The van der Waals surface area contributed by atoms with Crippen LogP contribution < -0.4 is 0 Å². The Morgan fingerprint density at radius 1 is 1.57 bits per heavy atom. The van der Waals surface area contributed by atoms with Crippen LogP contribution >= 0.6 is 0 Å². The number of rotatable bonds is 4. The highest BCUT2D eigenvalue weighted by atomic mass is 16.7. The maximum atomic E-state index is 9.73. The van der Waals surface area contributed by atoms with Crippen LogP contribution in [-0.4, -0.2) is 43.4 Å². The van der Waals surface area contributed by atoms with Crippen molar-refractivity contribution in [1.82, 2.24) is 0 Å². The number of terminal acetylenes is 1. The molecule has 0 aromatic heterocycles. The lowest BCUT2D eigenvalue weighted by Crippen LogP contribution is -2.35. The molecule has 0 spiro atoms. The molecule has 1 rings (SSSR count). The van der Waals surface area contributed by atoms with Gasteiger partial charge in [0.25, 0.3) is 0 Å². The SMILES string of the molecule is C#CCO[C@@H]1[C@@H](O)[C@H](OC)O[C@@H]1CC. The molecule has 14 heavy (non-hydrogen) atoms. The molecule has 1 heterocycles. The molecule has 0 aromatic carbocycles. The molecule has 0 amide bonds. The summed E-state index contributed by atoms with van der Waals surface area (Å²) < 4.78 is 15.7. The third-order valence-corrected chi connectivity index (χ3v) is 2.28. The second-order valence-corrected chi connectivity index (χ2v) is 3.16. The first kappa shape index (κ1) is 11.5. The third kappa shape index (κ3) is 2.25. The van der Waals surface area contributed by atoms with Crippen LogP contribution in [0.4, 0.5) is 0 Å². The van der Waals surface area contributed by atoms with E-state index in [0.717, 1.165) is 6.42 Å². The minimum atomic E-state index is -0.765. The highest BCUT2D eigenvalue weighted by Crippen LogP contribution is 2.26. The normalized spacial score (nSPS) is 37.0. The Morgan fingerprint density at radius 3 is 2.79 bits per heavy atom. The zero-order valence-corrected chi connectivity index (χ0v) is 8.47. The van der Waals surface area contributed by atoms with Crippen LogP contribution in [-0.2, 0) is 14.2 Å². The third-order valence-electron chi connectivity index (χ3n) is 2.28. The Balaban J connectivity index is 2.56. The van der Waals surface area contributed by atoms with Crippen LogP contribution in [0.5, 0.6) is 0 Å². The van der Waals surface area contributed by atoms with Crippen molar-refractivity contribution in [2.45, 2.75) is 37.9 Å². The van der Waals surface area contributed by atoms with Gasteiger partial charge in [-0.15, -0.1) is 6.42 Å². The van der Waals surface area contributed by atoms with Gasteiger partial charge in [-0.2, -0.15) is 0 Å². The molecular weight excluding hydrogens is 184 g/mol. The summed E-state index contributed by atoms with van der Waals surface area (Å²) in [4.78, 5) is 0. The Kier molecular flexibility index (Phi) is 4.36. The van der Waals surface area contributed by atoms with E-state index in [4.69, 9.17) is 20.6 Å². The van der Waals surface area contributed by atoms with Crippen molar-refractivity contribution >= 4 is 0 Å². The summed E-state index contributed by atoms with van der Waals surface area (Å²) in [6, 6.07) is 0. The largest absolute Gasteiger partial charge is 0.385 e. The standard InChI is InChI=1S/C10H16O4/c1-4-6-13-9-7(5-2)14-10(12-3)8(9)11/h1,7-11H,5-6H2,2-3H3/t7-,8-,9+,10-/m1/s1. The van der Waals surface area contributed by atoms with Gasteiger partial charge in [0.05, 0.1) is 6.10 Å². The topological polar surface area (TPSA) is 47.9 Å². The maximum absolute atomic E-state index is 9.73. The van der Waals surface area contributed by atoms with Gasteiger partial charge in [0.2, 0.25) is 0 Å². The zero-order valence-electron chi connectivity index (χ0n) is 8.47. The summed E-state index contributed by atoms with van der Waals surface area (Å²) in [6.45, 7) is 2.14. The van der Waals surface area contributed by atoms with Crippen molar-refractivity contribution < 1.29 is 19.3 Å². The number of hydrogen-bond donors (Lipinski definition) is 1. The van der Waals surface area contributed by atoms with Crippen LogP contribution in [0.2, 0.25) is 0 Å². The number of aliphatic hydroxyl groups is 1. The van der Waals surface area contributed by atoms with Crippen molar-refractivity contribution in [2.75, 3.05) is 13.7 Å². The van der Waals surface area contributed by atoms with Crippen molar-refractivity contribution in [3.63, 3.8) is 0 Å². The Hall–Kier alpha value is -0.600. The fourth-order valence-corrected chi connectivity index (χ4v) is 1.58. The second kappa shape index (κ2) is 5.32. The maximum Gasteiger partial charge on any atom is 0.186 e. The molecule has 1 saturated heterocycles. The first-order chi connectivity index (χ1) is 6.74. The molecule has 0 radical (unpaired) electrons. The van der Waals surface area contributed by atoms with Crippen LogP contribution in [0, 0.1) is 12.3 Å². The number of ether oxygens (including phenoxy) is 3. The molecule has 0 aliphatic carbocycles. The number of aliphatic hydroxyl groups excluding tert-OH is 1. The van der Waals surface area contributed by atoms with E-state index in [9.17, 15) is 5.11 Å². The van der Waals surface area contributed by atoms with Crippen molar-refractivity contribution in [3.05, 3.63) is 0 Å². The lowest BCUT2D eigenvalue weighted by Gasteiger charge is -2.17. The minimum absolute atomic E-state index is 0.150. The van der Waals surface area contributed by atoms with E-state index in [0.29, 0.717) is 0 Å². The number of hydrogen-bond acceptors (Lipinski definition) is 4. The summed E-state index contributed by atoms with van der Waals surface area (Å²) in [6.07, 6.45) is 3.92. The van der Waals surface area contributed by atoms with E-state index in [2.05, 4.69) is 5.92 Å². The molecule has 0 aromatic rings. The van der Waals surface area contributed by atoms with Crippen molar-refractivity contribution in [2.24, 2.45) is 0 Å². The molecule has 4 nitrogen and oxygen atoms in total. The fourth-order valence-electron chi connectivity index (χ4n) is 1.58. The lowest BCUT2D eigenvalue weighted by atomic mass is 10.1. The van der Waals surface area contributed by atoms with Gasteiger partial charge in [0.1, 0.15) is 18.8 Å². The number of methoxy groups -OCH3 is 1. The van der Waals surface area contributed by atoms with Crippen LogP contribution in [0.15, 0.2) is 0 Å². The molecule has 0 unspecified atom stereocenters. The summed E-state index contributed by atoms with van der Waals surface area (Å²) in [5.74, 6) is 2.36. The summed E-state index contributed by atoms with van der Waals surface area (Å²) in [7, 11) is 1.49. The van der Waals surface area contributed by atoms with Gasteiger partial charge in [-0.3, -0.25) is 0 Å². The van der Waals surface area contributed by atoms with Gasteiger partial charge in [-0.25, -0.2) is 0 Å². The zero-order chi connectivity index (χ0) is 10.6. The first-order valence-corrected chi connectivity index (χ1v) is 4.66. The van der Waals surface area contributed by atoms with Crippen molar-refractivity contribution in [1.29, 1.82) is 0 Å². The second-order valence-electron chi connectivity index (χ2n) is 3.16. The van der Waals surface area contributed by atoms with Gasteiger partial charge in [0.15, 0.2) is 6.29 Å². The summed E-state index contributed by atoms with van der Waals surface area (Å²) >= 11 is 0. The molecule has 1 aliphatic rings. The highest BCUT2D eigenvalue weighted by molar-refractivity contribution is 4.90. The van der Waals surface area contributed by atoms with E-state index in [1.165, 1.54) is 7.11 Å². The summed E-state index contributed by atoms with van der Waals surface area (Å²) in [5.41, 5.74) is 0. The molecule has 1 N–H and O–H groups in total. The van der Waals surface area contributed by atoms with Crippen LogP contribution in [0.25, 0.3) is 0 Å². The predicted octanol–water partition coefficient (Wildman–Crippen LogP) is 0.147. The van der Waals surface area contributed by atoms with E-state index < -0.39 is 12.4 Å². The van der Waals surface area contributed by atoms with Gasteiger partial charge in [0, 0.05) is 7.11 Å². The van der Waals surface area contributed by atoms with Gasteiger partial charge in [-0.1, -0.05) is 12.8 Å². The molecule has 1 aliphatic heterocycles. The monoisotopic (exact) mass is 200 g/mol. The quantitative estimate of drug-likeness (QED) is 0.656. The van der Waals surface area contributed by atoms with E-state index in [-0.39, 0.29) is 18.8 Å². The molecular formula is C10H16O4.